The van der Waals surface area contributed by atoms with Crippen LogP contribution in [0.5, 0.6) is 5.75 Å². The van der Waals surface area contributed by atoms with Crippen molar-refractivity contribution in [3.63, 3.8) is 0 Å². The third kappa shape index (κ3) is 1.53. The molecule has 0 amide bonds. The molecule has 3 heterocycles. The maximum atomic E-state index is 9.64. The van der Waals surface area contributed by atoms with E-state index < -0.39 is 0 Å². The monoisotopic (exact) mass is 262 g/mol. The zero-order valence-electron chi connectivity index (χ0n) is 10.4. The molecule has 3 aromatic heterocycles. The van der Waals surface area contributed by atoms with Gasteiger partial charge in [-0.25, -0.2) is 9.97 Å². The lowest BCUT2D eigenvalue weighted by molar-refractivity contribution is 0.476. The molecule has 1 aromatic carbocycles. The molecule has 0 atom stereocenters. The second kappa shape index (κ2) is 4.03. The molecule has 4 aromatic rings. The Morgan fingerprint density at radius 1 is 1.00 bits per heavy atom. The number of pyridine rings is 1. The molecule has 0 spiro atoms. The number of nitrogens with zero attached hydrogens (tertiary/aromatic N) is 3. The molecule has 0 unspecified atom stereocenters. The summed E-state index contributed by atoms with van der Waals surface area (Å²) in [6.45, 7) is 0. The fourth-order valence-corrected chi connectivity index (χ4v) is 2.45. The summed E-state index contributed by atoms with van der Waals surface area (Å²) in [5.74, 6) is 0.250. The lowest BCUT2D eigenvalue weighted by Crippen LogP contribution is -1.87. The van der Waals surface area contributed by atoms with Gasteiger partial charge in [0.25, 0.3) is 0 Å². The smallest absolute Gasteiger partial charge is 0.116 e. The number of aromatic nitrogens is 4. The van der Waals surface area contributed by atoms with Crippen molar-refractivity contribution in [1.82, 2.24) is 19.9 Å². The van der Waals surface area contributed by atoms with Crippen molar-refractivity contribution in [3.05, 3.63) is 49.2 Å². The SMILES string of the molecule is Oc1ccc2[nH]c3c(-c4cncnc4)nccc3c2c1. The predicted molar refractivity (Wildman–Crippen MR) is 76.3 cm³/mol. The van der Waals surface area contributed by atoms with Crippen molar-refractivity contribution in [2.75, 3.05) is 0 Å². The minimum Gasteiger partial charge on any atom is -0.508 e. The van der Waals surface area contributed by atoms with Gasteiger partial charge in [-0.05, 0) is 24.3 Å². The van der Waals surface area contributed by atoms with Gasteiger partial charge >= 0.3 is 0 Å². The molecular weight excluding hydrogens is 252 g/mol. The molecule has 0 radical (unpaired) electrons. The highest BCUT2D eigenvalue weighted by Crippen LogP contribution is 2.32. The van der Waals surface area contributed by atoms with Gasteiger partial charge in [0.05, 0.1) is 11.2 Å². The summed E-state index contributed by atoms with van der Waals surface area (Å²) in [4.78, 5) is 15.8. The van der Waals surface area contributed by atoms with Crippen LogP contribution in [-0.2, 0) is 0 Å². The van der Waals surface area contributed by atoms with Gasteiger partial charge in [0.2, 0.25) is 0 Å². The Hall–Kier alpha value is -2.95. The number of aromatic amines is 1. The van der Waals surface area contributed by atoms with E-state index in [9.17, 15) is 5.11 Å². The van der Waals surface area contributed by atoms with Crippen molar-refractivity contribution in [1.29, 1.82) is 0 Å². The molecular formula is C15H10N4O. The molecule has 0 saturated carbocycles. The number of nitrogens with one attached hydrogen (secondary N) is 1. The van der Waals surface area contributed by atoms with Crippen molar-refractivity contribution in [3.8, 4) is 17.0 Å². The number of rotatable bonds is 1. The molecule has 0 aliphatic heterocycles. The molecule has 2 N–H and O–H groups in total. The van der Waals surface area contributed by atoms with Crippen LogP contribution in [0.2, 0.25) is 0 Å². The molecule has 0 bridgehead atoms. The van der Waals surface area contributed by atoms with Crippen molar-refractivity contribution in [2.24, 2.45) is 0 Å². The Bertz CT molecular complexity index is 915. The predicted octanol–water partition coefficient (Wildman–Crippen LogP) is 2.88. The summed E-state index contributed by atoms with van der Waals surface area (Å²) in [6.07, 6.45) is 6.71. The zero-order valence-corrected chi connectivity index (χ0v) is 10.4. The fraction of sp³-hybridized carbons (Fsp3) is 0. The van der Waals surface area contributed by atoms with E-state index in [2.05, 4.69) is 19.9 Å². The Kier molecular flexibility index (Phi) is 2.20. The minimum atomic E-state index is 0.250. The van der Waals surface area contributed by atoms with E-state index in [1.807, 2.05) is 12.1 Å². The van der Waals surface area contributed by atoms with E-state index in [0.29, 0.717) is 0 Å². The van der Waals surface area contributed by atoms with Crippen LogP contribution in [0.25, 0.3) is 33.1 Å². The van der Waals surface area contributed by atoms with Crippen molar-refractivity contribution in [2.45, 2.75) is 0 Å². The molecule has 0 fully saturated rings. The van der Waals surface area contributed by atoms with Gasteiger partial charge in [-0.15, -0.1) is 0 Å². The van der Waals surface area contributed by atoms with Crippen LogP contribution in [0.1, 0.15) is 0 Å². The van der Waals surface area contributed by atoms with Crippen molar-refractivity contribution >= 4 is 21.8 Å². The number of phenols is 1. The molecule has 0 saturated heterocycles. The average Bonchev–Trinajstić information content (AvgIpc) is 2.86. The highest BCUT2D eigenvalue weighted by molar-refractivity contribution is 6.11. The highest BCUT2D eigenvalue weighted by atomic mass is 16.3. The van der Waals surface area contributed by atoms with Crippen LogP contribution in [0.4, 0.5) is 0 Å². The normalized spacial score (nSPS) is 11.2. The summed E-state index contributed by atoms with van der Waals surface area (Å²) < 4.78 is 0. The molecule has 5 nitrogen and oxygen atoms in total. The Morgan fingerprint density at radius 3 is 2.70 bits per heavy atom. The third-order valence-electron chi connectivity index (χ3n) is 3.34. The van der Waals surface area contributed by atoms with Gasteiger partial charge in [0.15, 0.2) is 0 Å². The summed E-state index contributed by atoms with van der Waals surface area (Å²) >= 11 is 0. The molecule has 0 aliphatic rings. The summed E-state index contributed by atoms with van der Waals surface area (Å²) in [5, 5.41) is 11.6. The van der Waals surface area contributed by atoms with Gasteiger partial charge in [-0.3, -0.25) is 4.98 Å². The number of H-pyrrole nitrogens is 1. The number of benzene rings is 1. The fourth-order valence-electron chi connectivity index (χ4n) is 2.45. The van der Waals surface area contributed by atoms with Crippen LogP contribution in [0.15, 0.2) is 49.2 Å². The average molecular weight is 262 g/mol. The van der Waals surface area contributed by atoms with Gasteiger partial charge in [0, 0.05) is 40.4 Å². The first kappa shape index (κ1) is 10.9. The minimum absolute atomic E-state index is 0.250. The van der Waals surface area contributed by atoms with Crippen molar-refractivity contribution < 1.29 is 5.11 Å². The largest absolute Gasteiger partial charge is 0.508 e. The van der Waals surface area contributed by atoms with E-state index in [1.165, 1.54) is 6.33 Å². The molecule has 0 aliphatic carbocycles. The van der Waals surface area contributed by atoms with Crippen LogP contribution in [0, 0.1) is 0 Å². The molecule has 96 valence electrons. The number of fused-ring (bicyclic) bond motifs is 3. The van der Waals surface area contributed by atoms with E-state index in [1.54, 1.807) is 30.7 Å². The van der Waals surface area contributed by atoms with E-state index >= 15 is 0 Å². The van der Waals surface area contributed by atoms with E-state index in [-0.39, 0.29) is 5.75 Å². The molecule has 5 heteroatoms. The Labute approximate surface area is 114 Å². The first-order chi connectivity index (χ1) is 9.83. The second-order valence-corrected chi connectivity index (χ2v) is 4.56. The third-order valence-corrected chi connectivity index (χ3v) is 3.34. The summed E-state index contributed by atoms with van der Waals surface area (Å²) in [5.41, 5.74) is 3.54. The van der Waals surface area contributed by atoms with Gasteiger partial charge in [-0.1, -0.05) is 0 Å². The van der Waals surface area contributed by atoms with Crippen LogP contribution in [-0.4, -0.2) is 25.0 Å². The van der Waals surface area contributed by atoms with Crippen LogP contribution in [0.3, 0.4) is 0 Å². The number of phenolic OH excluding ortho intramolecular Hbond substituents is 1. The van der Waals surface area contributed by atoms with Crippen LogP contribution < -0.4 is 0 Å². The molecule has 4 rings (SSSR count). The highest BCUT2D eigenvalue weighted by Gasteiger charge is 2.11. The second-order valence-electron chi connectivity index (χ2n) is 4.56. The maximum absolute atomic E-state index is 9.64. The quantitative estimate of drug-likeness (QED) is 0.553. The van der Waals surface area contributed by atoms with Gasteiger partial charge in [0.1, 0.15) is 12.1 Å². The van der Waals surface area contributed by atoms with E-state index in [0.717, 1.165) is 33.1 Å². The lowest BCUT2D eigenvalue weighted by Gasteiger charge is -2.00. The molecule has 20 heavy (non-hydrogen) atoms. The van der Waals surface area contributed by atoms with Gasteiger partial charge in [-0.2, -0.15) is 0 Å². The number of aromatic hydroxyl groups is 1. The van der Waals surface area contributed by atoms with E-state index in [4.69, 9.17) is 0 Å². The summed E-state index contributed by atoms with van der Waals surface area (Å²) in [7, 11) is 0. The van der Waals surface area contributed by atoms with Gasteiger partial charge < -0.3 is 10.1 Å². The zero-order chi connectivity index (χ0) is 13.5. The first-order valence-corrected chi connectivity index (χ1v) is 6.18. The van der Waals surface area contributed by atoms with Crippen LogP contribution >= 0.6 is 0 Å². The first-order valence-electron chi connectivity index (χ1n) is 6.18. The lowest BCUT2D eigenvalue weighted by atomic mass is 10.1. The Morgan fingerprint density at radius 2 is 1.85 bits per heavy atom. The maximum Gasteiger partial charge on any atom is 0.116 e. The topological polar surface area (TPSA) is 74.7 Å². The number of hydrogen-bond acceptors (Lipinski definition) is 4. The summed E-state index contributed by atoms with van der Waals surface area (Å²) in [6, 6.07) is 7.20. The standard InChI is InChI=1S/C15H10N4O/c20-10-1-2-13-12(5-10)11-3-4-18-14(15(11)19-13)9-6-16-8-17-7-9/h1-8,19-20H. The Balaban J connectivity index is 2.11. The number of hydrogen-bond donors (Lipinski definition) is 2.